The van der Waals surface area contributed by atoms with E-state index in [2.05, 4.69) is 5.14 Å². The van der Waals surface area contributed by atoms with Crippen molar-refractivity contribution in [2.24, 2.45) is 5.14 Å². The maximum Gasteiger partial charge on any atom is 0.274 e. The molecule has 84 valence electrons. The van der Waals surface area contributed by atoms with E-state index in [1.165, 1.54) is 12.1 Å². The van der Waals surface area contributed by atoms with E-state index in [4.69, 9.17) is 0 Å². The molecule has 15 heavy (non-hydrogen) atoms. The summed E-state index contributed by atoms with van der Waals surface area (Å²) in [7, 11) is -3.90. The van der Waals surface area contributed by atoms with Gasteiger partial charge in [-0.05, 0) is 17.7 Å². The molecular formula is C8H10F2N2O2S. The maximum absolute atomic E-state index is 13.3. The van der Waals surface area contributed by atoms with E-state index in [0.717, 1.165) is 12.1 Å². The number of hydrogen-bond acceptors (Lipinski definition) is 2. The lowest BCUT2D eigenvalue weighted by Gasteiger charge is -2.08. The molecule has 1 rings (SSSR count). The lowest BCUT2D eigenvalue weighted by Crippen LogP contribution is -2.33. The fourth-order valence-corrected chi connectivity index (χ4v) is 1.36. The van der Waals surface area contributed by atoms with Crippen molar-refractivity contribution < 1.29 is 17.2 Å². The molecule has 0 radical (unpaired) electrons. The Morgan fingerprint density at radius 2 is 1.87 bits per heavy atom. The van der Waals surface area contributed by atoms with E-state index in [-0.39, 0.29) is 5.56 Å². The summed E-state index contributed by atoms with van der Waals surface area (Å²) in [4.78, 5) is 0. The summed E-state index contributed by atoms with van der Waals surface area (Å²) < 4.78 is 48.5. The maximum atomic E-state index is 13.3. The van der Waals surface area contributed by atoms with Crippen molar-refractivity contribution in [3.05, 3.63) is 35.6 Å². The Morgan fingerprint density at radius 3 is 2.33 bits per heavy atom. The summed E-state index contributed by atoms with van der Waals surface area (Å²) in [6.45, 7) is -0.468. The van der Waals surface area contributed by atoms with Gasteiger partial charge in [0.25, 0.3) is 10.2 Å². The molecule has 0 fully saturated rings. The predicted octanol–water partition coefficient (Wildman–Crippen LogP) is 0.629. The number of halogens is 2. The number of hydrogen-bond donors (Lipinski definition) is 2. The summed E-state index contributed by atoms with van der Waals surface area (Å²) in [5, 5.41) is 4.62. The fraction of sp³-hybridized carbons (Fsp3) is 0.250. The molecule has 3 N–H and O–H groups in total. The Morgan fingerprint density at radius 1 is 1.33 bits per heavy atom. The zero-order valence-electron chi connectivity index (χ0n) is 7.65. The Labute approximate surface area is 86.3 Å². The Hall–Kier alpha value is -1.05. The first-order valence-corrected chi connectivity index (χ1v) is 5.60. The standard InChI is InChI=1S/C8H10F2N2O2S/c9-7-3-1-6(2-4-7)8(10)5-12-15(11,13)14/h1-4,8,12H,5H2,(H2,11,13,14). The van der Waals surface area contributed by atoms with Crippen molar-refractivity contribution in [1.82, 2.24) is 4.72 Å². The molecule has 0 saturated heterocycles. The minimum atomic E-state index is -3.90. The van der Waals surface area contributed by atoms with E-state index in [1.54, 1.807) is 0 Å². The summed E-state index contributed by atoms with van der Waals surface area (Å²) in [6, 6.07) is 4.67. The van der Waals surface area contributed by atoms with Crippen LogP contribution in [0.15, 0.2) is 24.3 Å². The molecule has 1 unspecified atom stereocenters. The molecule has 1 atom stereocenters. The molecule has 0 bridgehead atoms. The van der Waals surface area contributed by atoms with Crippen LogP contribution < -0.4 is 9.86 Å². The lowest BCUT2D eigenvalue weighted by molar-refractivity contribution is 0.343. The average molecular weight is 236 g/mol. The van der Waals surface area contributed by atoms with Crippen LogP contribution in [0.3, 0.4) is 0 Å². The van der Waals surface area contributed by atoms with Gasteiger partial charge in [0.1, 0.15) is 12.0 Å². The van der Waals surface area contributed by atoms with Crippen LogP contribution in [-0.4, -0.2) is 15.0 Å². The van der Waals surface area contributed by atoms with Crippen molar-refractivity contribution in [1.29, 1.82) is 0 Å². The molecule has 0 aromatic heterocycles. The summed E-state index contributed by atoms with van der Waals surface area (Å²) in [6.07, 6.45) is -1.55. The van der Waals surface area contributed by atoms with Crippen LogP contribution >= 0.6 is 0 Å². The first-order chi connectivity index (χ1) is 6.88. The number of rotatable bonds is 4. The lowest BCUT2D eigenvalue weighted by atomic mass is 10.1. The van der Waals surface area contributed by atoms with Gasteiger partial charge in [-0.15, -0.1) is 0 Å². The Kier molecular flexibility index (Phi) is 3.72. The van der Waals surface area contributed by atoms with Crippen molar-refractivity contribution >= 4 is 10.2 Å². The summed E-state index contributed by atoms with van der Waals surface area (Å²) in [5.74, 6) is -0.481. The normalized spacial score (nSPS) is 13.8. The van der Waals surface area contributed by atoms with Crippen LogP contribution in [0, 0.1) is 5.82 Å². The minimum absolute atomic E-state index is 0.188. The highest BCUT2D eigenvalue weighted by Gasteiger charge is 2.12. The van der Waals surface area contributed by atoms with E-state index in [1.807, 2.05) is 4.72 Å². The van der Waals surface area contributed by atoms with Crippen molar-refractivity contribution in [2.75, 3.05) is 6.54 Å². The predicted molar refractivity (Wildman–Crippen MR) is 51.4 cm³/mol. The van der Waals surface area contributed by atoms with Crippen molar-refractivity contribution in [3.63, 3.8) is 0 Å². The van der Waals surface area contributed by atoms with Crippen LogP contribution in [0.2, 0.25) is 0 Å². The highest BCUT2D eigenvalue weighted by Crippen LogP contribution is 2.16. The second-order valence-corrected chi connectivity index (χ2v) is 4.29. The molecule has 0 amide bonds. The van der Waals surface area contributed by atoms with E-state index in [0.29, 0.717) is 0 Å². The first-order valence-electron chi connectivity index (χ1n) is 4.05. The van der Waals surface area contributed by atoms with E-state index < -0.39 is 28.7 Å². The molecule has 0 aliphatic rings. The third-order valence-corrected chi connectivity index (χ3v) is 2.26. The smallest absolute Gasteiger partial charge is 0.241 e. The number of nitrogens with two attached hydrogens (primary N) is 1. The second kappa shape index (κ2) is 4.65. The molecule has 0 aliphatic heterocycles. The molecule has 1 aromatic carbocycles. The zero-order chi connectivity index (χ0) is 11.5. The molecule has 7 heteroatoms. The highest BCUT2D eigenvalue weighted by molar-refractivity contribution is 7.87. The molecule has 0 saturated carbocycles. The SMILES string of the molecule is NS(=O)(=O)NCC(F)c1ccc(F)cc1. The summed E-state index contributed by atoms with van der Waals surface area (Å²) >= 11 is 0. The van der Waals surface area contributed by atoms with Gasteiger partial charge in [0, 0.05) is 6.54 Å². The largest absolute Gasteiger partial charge is 0.274 e. The van der Waals surface area contributed by atoms with Gasteiger partial charge in [0.2, 0.25) is 0 Å². The zero-order valence-corrected chi connectivity index (χ0v) is 8.47. The van der Waals surface area contributed by atoms with Gasteiger partial charge >= 0.3 is 0 Å². The van der Waals surface area contributed by atoms with Gasteiger partial charge in [-0.2, -0.15) is 13.1 Å². The van der Waals surface area contributed by atoms with E-state index >= 15 is 0 Å². The van der Waals surface area contributed by atoms with Gasteiger partial charge in [-0.25, -0.2) is 13.9 Å². The molecule has 0 spiro atoms. The van der Waals surface area contributed by atoms with Crippen LogP contribution in [0.5, 0.6) is 0 Å². The second-order valence-electron chi connectivity index (χ2n) is 2.91. The quantitative estimate of drug-likeness (QED) is 0.804. The van der Waals surface area contributed by atoms with Crippen LogP contribution in [0.25, 0.3) is 0 Å². The van der Waals surface area contributed by atoms with Gasteiger partial charge in [-0.1, -0.05) is 12.1 Å². The molecule has 0 aliphatic carbocycles. The molecule has 4 nitrogen and oxygen atoms in total. The number of benzene rings is 1. The summed E-state index contributed by atoms with van der Waals surface area (Å²) in [5.41, 5.74) is 0.188. The third kappa shape index (κ3) is 4.32. The first kappa shape index (κ1) is 12.0. The van der Waals surface area contributed by atoms with Crippen LogP contribution in [-0.2, 0) is 10.2 Å². The van der Waals surface area contributed by atoms with Gasteiger partial charge < -0.3 is 0 Å². The van der Waals surface area contributed by atoms with Crippen molar-refractivity contribution in [3.8, 4) is 0 Å². The molecule has 0 heterocycles. The number of alkyl halides is 1. The Bertz CT molecular complexity index is 419. The van der Waals surface area contributed by atoms with Gasteiger partial charge in [0.05, 0.1) is 0 Å². The highest BCUT2D eigenvalue weighted by atomic mass is 32.2. The Balaban J connectivity index is 2.61. The molecule has 1 aromatic rings. The minimum Gasteiger partial charge on any atom is -0.241 e. The van der Waals surface area contributed by atoms with E-state index in [9.17, 15) is 17.2 Å². The molecular weight excluding hydrogens is 226 g/mol. The van der Waals surface area contributed by atoms with Crippen molar-refractivity contribution in [2.45, 2.75) is 6.17 Å². The topological polar surface area (TPSA) is 72.2 Å². The van der Waals surface area contributed by atoms with Crippen LogP contribution in [0.1, 0.15) is 11.7 Å². The van der Waals surface area contributed by atoms with Gasteiger partial charge in [-0.3, -0.25) is 0 Å². The fourth-order valence-electron chi connectivity index (χ4n) is 0.979. The average Bonchev–Trinajstić information content (AvgIpc) is 2.14. The van der Waals surface area contributed by atoms with Crippen LogP contribution in [0.4, 0.5) is 8.78 Å². The monoisotopic (exact) mass is 236 g/mol. The number of nitrogens with one attached hydrogen (secondary N) is 1. The van der Waals surface area contributed by atoms with Gasteiger partial charge in [0.15, 0.2) is 0 Å². The third-order valence-electron chi connectivity index (χ3n) is 1.70.